The fraction of sp³-hybridized carbons (Fsp3) is 0.429. The van der Waals surface area contributed by atoms with Crippen molar-refractivity contribution in [3.8, 4) is 0 Å². The van der Waals surface area contributed by atoms with Crippen molar-refractivity contribution in [2.45, 2.75) is 26.7 Å². The molecular formula is C14H17NO3. The molecule has 1 aromatic carbocycles. The van der Waals surface area contributed by atoms with Gasteiger partial charge in [-0.1, -0.05) is 6.92 Å². The Kier molecular flexibility index (Phi) is 3.11. The van der Waals surface area contributed by atoms with E-state index < -0.39 is 5.97 Å². The molecule has 4 nitrogen and oxygen atoms in total. The molecule has 1 fully saturated rings. The van der Waals surface area contributed by atoms with Crippen LogP contribution in [0.5, 0.6) is 0 Å². The Morgan fingerprint density at radius 3 is 2.22 bits per heavy atom. The number of hydrogen-bond donors (Lipinski definition) is 1. The van der Waals surface area contributed by atoms with Crippen molar-refractivity contribution >= 4 is 17.6 Å². The van der Waals surface area contributed by atoms with Gasteiger partial charge in [0.2, 0.25) is 5.91 Å². The predicted octanol–water partition coefficient (Wildman–Crippen LogP) is 2.54. The minimum absolute atomic E-state index is 0.00815. The van der Waals surface area contributed by atoms with Gasteiger partial charge >= 0.3 is 5.97 Å². The second-order valence-corrected chi connectivity index (χ2v) is 5.27. The summed E-state index contributed by atoms with van der Waals surface area (Å²) in [5.74, 6) is -0.962. The van der Waals surface area contributed by atoms with Gasteiger partial charge in [0.05, 0.1) is 5.56 Å². The molecule has 0 aliphatic heterocycles. The first-order valence-corrected chi connectivity index (χ1v) is 6.03. The molecule has 18 heavy (non-hydrogen) atoms. The standard InChI is InChI=1S/C14H17NO3/c1-10(16)15(9-14(2)7-8-14)12-5-3-11(4-6-12)13(17)18/h3-6H,7-9H2,1-2H3,(H,17,18). The highest BCUT2D eigenvalue weighted by molar-refractivity contribution is 5.93. The maximum atomic E-state index is 11.7. The van der Waals surface area contributed by atoms with Gasteiger partial charge in [0.25, 0.3) is 0 Å². The lowest BCUT2D eigenvalue weighted by molar-refractivity contribution is -0.116. The third kappa shape index (κ3) is 2.70. The Morgan fingerprint density at radius 2 is 1.83 bits per heavy atom. The molecule has 0 radical (unpaired) electrons. The van der Waals surface area contributed by atoms with E-state index in [2.05, 4.69) is 6.92 Å². The lowest BCUT2D eigenvalue weighted by Gasteiger charge is -2.24. The molecule has 0 heterocycles. The summed E-state index contributed by atoms with van der Waals surface area (Å²) >= 11 is 0. The Balaban J connectivity index is 2.20. The third-order valence-electron chi connectivity index (χ3n) is 3.45. The number of carboxylic acid groups (broad SMARTS) is 1. The fourth-order valence-corrected chi connectivity index (χ4v) is 1.92. The summed E-state index contributed by atoms with van der Waals surface area (Å²) in [6.07, 6.45) is 2.29. The van der Waals surface area contributed by atoms with Crippen molar-refractivity contribution in [1.29, 1.82) is 0 Å². The molecule has 1 N–H and O–H groups in total. The highest BCUT2D eigenvalue weighted by atomic mass is 16.4. The van der Waals surface area contributed by atoms with Crippen LogP contribution >= 0.6 is 0 Å². The Hall–Kier alpha value is -1.84. The molecule has 4 heteroatoms. The molecule has 1 saturated carbocycles. The van der Waals surface area contributed by atoms with Crippen LogP contribution < -0.4 is 4.90 Å². The van der Waals surface area contributed by atoms with Crippen molar-refractivity contribution in [2.24, 2.45) is 5.41 Å². The van der Waals surface area contributed by atoms with Crippen LogP contribution in [0.3, 0.4) is 0 Å². The van der Waals surface area contributed by atoms with Gasteiger partial charge in [0.15, 0.2) is 0 Å². The largest absolute Gasteiger partial charge is 0.478 e. The molecule has 0 bridgehead atoms. The second kappa shape index (κ2) is 4.44. The monoisotopic (exact) mass is 247 g/mol. The molecule has 1 aromatic rings. The van der Waals surface area contributed by atoms with E-state index in [1.807, 2.05) is 0 Å². The maximum absolute atomic E-state index is 11.7. The molecule has 1 aliphatic rings. The molecule has 0 unspecified atom stereocenters. The normalized spacial score (nSPS) is 16.1. The van der Waals surface area contributed by atoms with Gasteiger partial charge in [-0.15, -0.1) is 0 Å². The average Bonchev–Trinajstić information content (AvgIpc) is 3.04. The second-order valence-electron chi connectivity index (χ2n) is 5.27. The first-order valence-electron chi connectivity index (χ1n) is 6.03. The molecule has 2 rings (SSSR count). The minimum atomic E-state index is -0.954. The molecule has 1 aliphatic carbocycles. The SMILES string of the molecule is CC(=O)N(CC1(C)CC1)c1ccc(C(=O)O)cc1. The number of aromatic carboxylic acids is 1. The highest BCUT2D eigenvalue weighted by Gasteiger charge is 2.39. The number of carbonyl (C=O) groups is 2. The van der Waals surface area contributed by atoms with Crippen LogP contribution in [0.1, 0.15) is 37.0 Å². The van der Waals surface area contributed by atoms with E-state index in [0.717, 1.165) is 18.5 Å². The van der Waals surface area contributed by atoms with Crippen molar-refractivity contribution in [3.63, 3.8) is 0 Å². The highest BCUT2D eigenvalue weighted by Crippen LogP contribution is 2.46. The molecule has 96 valence electrons. The molecule has 0 aromatic heterocycles. The topological polar surface area (TPSA) is 57.6 Å². The first-order chi connectivity index (χ1) is 8.41. The fourth-order valence-electron chi connectivity index (χ4n) is 1.92. The van der Waals surface area contributed by atoms with Crippen molar-refractivity contribution in [2.75, 3.05) is 11.4 Å². The lowest BCUT2D eigenvalue weighted by Crippen LogP contribution is -2.33. The Morgan fingerprint density at radius 1 is 1.28 bits per heavy atom. The smallest absolute Gasteiger partial charge is 0.335 e. The quantitative estimate of drug-likeness (QED) is 0.889. The van der Waals surface area contributed by atoms with Gasteiger partial charge in [-0.25, -0.2) is 4.79 Å². The number of hydrogen-bond acceptors (Lipinski definition) is 2. The number of nitrogens with zero attached hydrogens (tertiary/aromatic N) is 1. The molecule has 1 amide bonds. The van der Waals surface area contributed by atoms with E-state index in [9.17, 15) is 9.59 Å². The number of carboxylic acids is 1. The van der Waals surface area contributed by atoms with Crippen molar-refractivity contribution in [1.82, 2.24) is 0 Å². The van der Waals surface area contributed by atoms with Crippen LogP contribution in [0.4, 0.5) is 5.69 Å². The minimum Gasteiger partial charge on any atom is -0.478 e. The van der Waals surface area contributed by atoms with E-state index in [1.165, 1.54) is 19.1 Å². The summed E-state index contributed by atoms with van der Waals surface area (Å²) in [7, 11) is 0. The number of anilines is 1. The Bertz CT molecular complexity index is 474. The van der Waals surface area contributed by atoms with Crippen molar-refractivity contribution < 1.29 is 14.7 Å². The van der Waals surface area contributed by atoms with Gasteiger partial charge in [0.1, 0.15) is 0 Å². The van der Waals surface area contributed by atoms with Crippen LogP contribution in [-0.2, 0) is 4.79 Å². The summed E-state index contributed by atoms with van der Waals surface area (Å²) in [4.78, 5) is 24.2. The average molecular weight is 247 g/mol. The van der Waals surface area contributed by atoms with Crippen LogP contribution in [0, 0.1) is 5.41 Å². The zero-order chi connectivity index (χ0) is 13.3. The molecular weight excluding hydrogens is 230 g/mol. The van der Waals surface area contributed by atoms with E-state index in [0.29, 0.717) is 6.54 Å². The number of amides is 1. The third-order valence-corrected chi connectivity index (χ3v) is 3.45. The van der Waals surface area contributed by atoms with Crippen LogP contribution in [-0.4, -0.2) is 23.5 Å². The maximum Gasteiger partial charge on any atom is 0.335 e. The zero-order valence-corrected chi connectivity index (χ0v) is 10.6. The molecule has 0 atom stereocenters. The molecule has 0 saturated heterocycles. The van der Waals surface area contributed by atoms with Gasteiger partial charge in [-0.3, -0.25) is 4.79 Å². The number of benzene rings is 1. The summed E-state index contributed by atoms with van der Waals surface area (Å²) in [6.45, 7) is 4.40. The van der Waals surface area contributed by atoms with E-state index in [-0.39, 0.29) is 16.9 Å². The van der Waals surface area contributed by atoms with Crippen LogP contribution in [0.25, 0.3) is 0 Å². The number of rotatable bonds is 4. The summed E-state index contributed by atoms with van der Waals surface area (Å²) in [6, 6.07) is 6.44. The van der Waals surface area contributed by atoms with E-state index >= 15 is 0 Å². The van der Waals surface area contributed by atoms with E-state index in [1.54, 1.807) is 17.0 Å². The summed E-state index contributed by atoms with van der Waals surface area (Å²) in [5.41, 5.74) is 1.23. The van der Waals surface area contributed by atoms with Gasteiger partial charge < -0.3 is 10.0 Å². The lowest BCUT2D eigenvalue weighted by atomic mass is 10.1. The van der Waals surface area contributed by atoms with Gasteiger partial charge in [-0.05, 0) is 42.5 Å². The summed E-state index contributed by atoms with van der Waals surface area (Å²) < 4.78 is 0. The van der Waals surface area contributed by atoms with Gasteiger partial charge in [0, 0.05) is 19.2 Å². The number of carbonyl (C=O) groups excluding carboxylic acids is 1. The predicted molar refractivity (Wildman–Crippen MR) is 68.8 cm³/mol. The zero-order valence-electron chi connectivity index (χ0n) is 10.6. The van der Waals surface area contributed by atoms with E-state index in [4.69, 9.17) is 5.11 Å². The Labute approximate surface area is 106 Å². The first kappa shape index (κ1) is 12.6. The molecule has 0 spiro atoms. The van der Waals surface area contributed by atoms with Gasteiger partial charge in [-0.2, -0.15) is 0 Å². The summed E-state index contributed by atoms with van der Waals surface area (Å²) in [5, 5.41) is 8.84. The van der Waals surface area contributed by atoms with Crippen LogP contribution in [0.15, 0.2) is 24.3 Å². The van der Waals surface area contributed by atoms with Crippen molar-refractivity contribution in [3.05, 3.63) is 29.8 Å². The van der Waals surface area contributed by atoms with Crippen LogP contribution in [0.2, 0.25) is 0 Å².